The molecular formula is C28H29F2N3O3. The second kappa shape index (κ2) is 9.32. The molecule has 36 heavy (non-hydrogen) atoms. The van der Waals surface area contributed by atoms with E-state index in [9.17, 15) is 18.7 Å². The zero-order chi connectivity index (χ0) is 24.8. The molecule has 188 valence electrons. The number of benzene rings is 2. The molecule has 1 saturated carbocycles. The van der Waals surface area contributed by atoms with Crippen LogP contribution in [0.1, 0.15) is 55.7 Å². The maximum absolute atomic E-state index is 14.5. The van der Waals surface area contributed by atoms with Gasteiger partial charge in [-0.15, -0.1) is 0 Å². The van der Waals surface area contributed by atoms with E-state index in [1.807, 2.05) is 0 Å². The maximum atomic E-state index is 14.5. The molecule has 6 rings (SSSR count). The molecule has 2 aromatic heterocycles. The molecule has 8 heteroatoms. The van der Waals surface area contributed by atoms with Gasteiger partial charge in [0.2, 0.25) is 0 Å². The predicted octanol–water partition coefficient (Wildman–Crippen LogP) is 6.11. The molecule has 1 aliphatic heterocycles. The second-order valence-corrected chi connectivity index (χ2v) is 10.3. The molecule has 0 amide bonds. The zero-order valence-electron chi connectivity index (χ0n) is 20.0. The van der Waals surface area contributed by atoms with Crippen molar-refractivity contribution in [2.24, 2.45) is 11.8 Å². The van der Waals surface area contributed by atoms with Crippen LogP contribution in [0.15, 0.2) is 36.5 Å². The first kappa shape index (κ1) is 23.2. The maximum Gasteiger partial charge on any atom is 0.306 e. The summed E-state index contributed by atoms with van der Waals surface area (Å²) < 4.78 is 36.1. The average Bonchev–Trinajstić information content (AvgIpc) is 3.47. The van der Waals surface area contributed by atoms with Crippen LogP contribution < -0.4 is 0 Å². The number of rotatable bonds is 5. The summed E-state index contributed by atoms with van der Waals surface area (Å²) in [4.78, 5) is 11.5. The largest absolute Gasteiger partial charge is 0.481 e. The Morgan fingerprint density at radius 3 is 2.56 bits per heavy atom. The number of nitrogens with zero attached hydrogens (tertiary/aromatic N) is 2. The van der Waals surface area contributed by atoms with Crippen LogP contribution in [-0.2, 0) is 16.0 Å². The molecule has 1 saturated heterocycles. The first-order valence-electron chi connectivity index (χ1n) is 12.8. The fourth-order valence-corrected chi connectivity index (χ4v) is 6.23. The fourth-order valence-electron chi connectivity index (χ4n) is 6.23. The summed E-state index contributed by atoms with van der Waals surface area (Å²) in [5, 5.41) is 18.7. The van der Waals surface area contributed by atoms with Crippen LogP contribution >= 0.6 is 0 Å². The van der Waals surface area contributed by atoms with E-state index in [0.29, 0.717) is 37.7 Å². The van der Waals surface area contributed by atoms with Gasteiger partial charge in [0.25, 0.3) is 0 Å². The molecule has 3 heterocycles. The molecular weight excluding hydrogens is 464 g/mol. The number of hydrogen-bond acceptors (Lipinski definition) is 3. The predicted molar refractivity (Wildman–Crippen MR) is 132 cm³/mol. The number of halogens is 2. The number of fused-ring (bicyclic) bond motifs is 2. The van der Waals surface area contributed by atoms with Crippen molar-refractivity contribution in [3.8, 4) is 5.69 Å². The van der Waals surface area contributed by atoms with Gasteiger partial charge in [0, 0.05) is 47.4 Å². The number of hydrogen-bond donors (Lipinski definition) is 2. The van der Waals surface area contributed by atoms with Gasteiger partial charge in [0.1, 0.15) is 0 Å². The van der Waals surface area contributed by atoms with Crippen LogP contribution in [0, 0.1) is 23.5 Å². The minimum atomic E-state index is -0.870. The summed E-state index contributed by atoms with van der Waals surface area (Å²) in [6, 6.07) is 8.30. The molecule has 0 unspecified atom stereocenters. The first-order valence-corrected chi connectivity index (χ1v) is 12.8. The van der Waals surface area contributed by atoms with Gasteiger partial charge >= 0.3 is 5.97 Å². The van der Waals surface area contributed by atoms with E-state index in [1.165, 1.54) is 17.7 Å². The Morgan fingerprint density at radius 1 is 1.06 bits per heavy atom. The Hall–Kier alpha value is -3.26. The highest BCUT2D eigenvalue weighted by molar-refractivity contribution is 5.98. The molecule has 6 nitrogen and oxygen atoms in total. The number of aromatic nitrogens is 3. The van der Waals surface area contributed by atoms with Gasteiger partial charge in [0.05, 0.1) is 23.1 Å². The summed E-state index contributed by atoms with van der Waals surface area (Å²) in [5.74, 6) is -2.10. The standard InChI is InChI=1S/C28H29F2N3O3/c29-23-6-5-20(13-24(23)30)33-26-12-19-15-31-32-25(19)14-21(26)22(27(33)17-7-9-36-10-8-17)11-16-1-3-18(4-2-16)28(34)35/h5-6,12-18H,1-4,7-11H2,(H,31,32)(H,34,35)/t16-,18-. The molecule has 4 aromatic rings. The molecule has 0 spiro atoms. The summed E-state index contributed by atoms with van der Waals surface area (Å²) in [5.41, 5.74) is 4.84. The van der Waals surface area contributed by atoms with Crippen LogP contribution in [-0.4, -0.2) is 39.1 Å². The van der Waals surface area contributed by atoms with Crippen molar-refractivity contribution in [2.75, 3.05) is 13.2 Å². The van der Waals surface area contributed by atoms with E-state index >= 15 is 0 Å². The summed E-state index contributed by atoms with van der Waals surface area (Å²) in [7, 11) is 0. The molecule has 2 fully saturated rings. The number of aromatic amines is 1. The Labute approximate surface area is 207 Å². The van der Waals surface area contributed by atoms with Crippen LogP contribution in [0.3, 0.4) is 0 Å². The van der Waals surface area contributed by atoms with Gasteiger partial charge in [0.15, 0.2) is 11.6 Å². The van der Waals surface area contributed by atoms with Gasteiger partial charge in [-0.3, -0.25) is 9.89 Å². The molecule has 2 aliphatic rings. The van der Waals surface area contributed by atoms with Crippen molar-refractivity contribution in [3.05, 3.63) is 59.4 Å². The third-order valence-corrected chi connectivity index (χ3v) is 8.13. The van der Waals surface area contributed by atoms with E-state index in [-0.39, 0.29) is 11.8 Å². The van der Waals surface area contributed by atoms with E-state index in [0.717, 1.165) is 59.6 Å². The highest BCUT2D eigenvalue weighted by Gasteiger charge is 2.31. The fraction of sp³-hybridized carbons (Fsp3) is 0.429. The summed E-state index contributed by atoms with van der Waals surface area (Å²) in [6.45, 7) is 1.33. The van der Waals surface area contributed by atoms with Gasteiger partial charge in [-0.25, -0.2) is 8.78 Å². The van der Waals surface area contributed by atoms with Crippen molar-refractivity contribution < 1.29 is 23.4 Å². The van der Waals surface area contributed by atoms with Crippen molar-refractivity contribution in [3.63, 3.8) is 0 Å². The van der Waals surface area contributed by atoms with Gasteiger partial charge in [-0.05, 0) is 80.7 Å². The van der Waals surface area contributed by atoms with Crippen molar-refractivity contribution in [2.45, 2.75) is 50.9 Å². The number of nitrogens with one attached hydrogen (secondary N) is 1. The van der Waals surface area contributed by atoms with Gasteiger partial charge < -0.3 is 14.4 Å². The average molecular weight is 494 g/mol. The number of carboxylic acids is 1. The van der Waals surface area contributed by atoms with E-state index in [4.69, 9.17) is 4.74 Å². The molecule has 2 N–H and O–H groups in total. The molecule has 0 atom stereocenters. The second-order valence-electron chi connectivity index (χ2n) is 10.3. The summed E-state index contributed by atoms with van der Waals surface area (Å²) >= 11 is 0. The van der Waals surface area contributed by atoms with Crippen LogP contribution in [0.4, 0.5) is 8.78 Å². The van der Waals surface area contributed by atoms with Crippen LogP contribution in [0.5, 0.6) is 0 Å². The topological polar surface area (TPSA) is 80.1 Å². The van der Waals surface area contributed by atoms with Crippen molar-refractivity contribution in [1.29, 1.82) is 0 Å². The number of aliphatic carboxylic acids is 1. The lowest BCUT2D eigenvalue weighted by molar-refractivity contribution is -0.143. The van der Waals surface area contributed by atoms with Crippen molar-refractivity contribution in [1.82, 2.24) is 14.8 Å². The van der Waals surface area contributed by atoms with Crippen LogP contribution in [0.25, 0.3) is 27.5 Å². The van der Waals surface area contributed by atoms with Gasteiger partial charge in [-0.1, -0.05) is 0 Å². The number of H-pyrrole nitrogens is 1. The molecule has 0 radical (unpaired) electrons. The Balaban J connectivity index is 1.54. The lowest BCUT2D eigenvalue weighted by atomic mass is 9.78. The van der Waals surface area contributed by atoms with E-state index < -0.39 is 17.6 Å². The quantitative estimate of drug-likeness (QED) is 0.351. The molecule has 0 bridgehead atoms. The Morgan fingerprint density at radius 2 is 1.83 bits per heavy atom. The minimum Gasteiger partial charge on any atom is -0.481 e. The molecule has 2 aromatic carbocycles. The van der Waals surface area contributed by atoms with Crippen molar-refractivity contribution >= 4 is 27.8 Å². The van der Waals surface area contributed by atoms with E-state index in [2.05, 4.69) is 26.9 Å². The normalized spacial score (nSPS) is 21.4. The molecule has 1 aliphatic carbocycles. The van der Waals surface area contributed by atoms with E-state index in [1.54, 1.807) is 12.3 Å². The monoisotopic (exact) mass is 493 g/mol. The van der Waals surface area contributed by atoms with Gasteiger partial charge in [-0.2, -0.15) is 5.10 Å². The smallest absolute Gasteiger partial charge is 0.306 e. The first-order chi connectivity index (χ1) is 17.5. The third kappa shape index (κ3) is 4.07. The summed E-state index contributed by atoms with van der Waals surface area (Å²) in [6.07, 6.45) is 7.45. The third-order valence-electron chi connectivity index (χ3n) is 8.13. The number of carbonyl (C=O) groups is 1. The highest BCUT2D eigenvalue weighted by atomic mass is 19.2. The van der Waals surface area contributed by atoms with Crippen LogP contribution in [0.2, 0.25) is 0 Å². The number of carboxylic acid groups (broad SMARTS) is 1. The SMILES string of the molecule is O=C(O)[C@H]1CC[C@H](Cc2c(C3CCOCC3)n(-c3ccc(F)c(F)c3)c3cc4cn[nH]c4cc23)CC1. The number of ether oxygens (including phenoxy) is 1. The zero-order valence-corrected chi connectivity index (χ0v) is 20.0. The lowest BCUT2D eigenvalue weighted by Gasteiger charge is -2.29. The highest BCUT2D eigenvalue weighted by Crippen LogP contribution is 2.42. The minimum absolute atomic E-state index is 0.223. The Kier molecular flexibility index (Phi) is 5.99. The Bertz CT molecular complexity index is 1430. The lowest BCUT2D eigenvalue weighted by Crippen LogP contribution is -2.23.